The smallest absolute Gasteiger partial charge is 0.395 e. The second-order valence-electron chi connectivity index (χ2n) is 3.94. The fourth-order valence-corrected chi connectivity index (χ4v) is 2.76. The van der Waals surface area contributed by atoms with Gasteiger partial charge >= 0.3 is 6.29 Å². The maximum absolute atomic E-state index is 12.9. The van der Waals surface area contributed by atoms with Gasteiger partial charge in [-0.25, -0.2) is 4.98 Å². The van der Waals surface area contributed by atoms with Gasteiger partial charge in [0.2, 0.25) is 0 Å². The van der Waals surface area contributed by atoms with Crippen LogP contribution in [0.3, 0.4) is 0 Å². The maximum Gasteiger partial charge on any atom is 0.586 e. The second kappa shape index (κ2) is 4.85. The van der Waals surface area contributed by atoms with E-state index in [1.807, 2.05) is 6.07 Å². The van der Waals surface area contributed by atoms with E-state index >= 15 is 0 Å². The molecule has 1 aliphatic rings. The van der Waals surface area contributed by atoms with E-state index in [-0.39, 0.29) is 11.5 Å². The van der Waals surface area contributed by atoms with Crippen molar-refractivity contribution in [3.63, 3.8) is 0 Å². The molecular formula is C12H6Br2F2N2O2. The number of nitrogens with zero attached hydrogens (tertiary/aromatic N) is 1. The fraction of sp³-hybridized carbons (Fsp3) is 0.0833. The Bertz CT molecular complexity index is 683. The molecule has 0 saturated carbocycles. The SMILES string of the molecule is FC1(F)Oc2ccc(Nc3ncc(Br)cc3Br)cc2O1. The number of hydrogen-bond acceptors (Lipinski definition) is 4. The van der Waals surface area contributed by atoms with Gasteiger partial charge in [-0.1, -0.05) is 0 Å². The third-order valence-corrected chi connectivity index (χ3v) is 3.51. The molecule has 1 N–H and O–H groups in total. The van der Waals surface area contributed by atoms with Crippen molar-refractivity contribution in [2.45, 2.75) is 6.29 Å². The molecule has 0 spiro atoms. The maximum atomic E-state index is 12.9. The zero-order chi connectivity index (χ0) is 14.3. The third kappa shape index (κ3) is 2.71. The minimum absolute atomic E-state index is 0.00313. The van der Waals surface area contributed by atoms with Crippen molar-refractivity contribution in [1.29, 1.82) is 0 Å². The van der Waals surface area contributed by atoms with Crippen LogP contribution < -0.4 is 14.8 Å². The van der Waals surface area contributed by atoms with Crippen LogP contribution in [0.2, 0.25) is 0 Å². The number of halogens is 4. The van der Waals surface area contributed by atoms with Crippen LogP contribution in [-0.4, -0.2) is 11.3 Å². The van der Waals surface area contributed by atoms with Crippen molar-refractivity contribution in [2.75, 3.05) is 5.32 Å². The second-order valence-corrected chi connectivity index (χ2v) is 5.71. The predicted octanol–water partition coefficient (Wildman–Crippen LogP) is 4.67. The number of pyridine rings is 1. The zero-order valence-electron chi connectivity index (χ0n) is 9.66. The first-order valence-corrected chi connectivity index (χ1v) is 6.99. The summed E-state index contributed by atoms with van der Waals surface area (Å²) < 4.78 is 36.1. The Morgan fingerprint density at radius 3 is 2.60 bits per heavy atom. The summed E-state index contributed by atoms with van der Waals surface area (Å²) in [6, 6.07) is 6.24. The van der Waals surface area contributed by atoms with E-state index in [0.717, 1.165) is 8.95 Å². The molecule has 0 atom stereocenters. The molecule has 0 radical (unpaired) electrons. The van der Waals surface area contributed by atoms with E-state index in [1.54, 1.807) is 12.3 Å². The number of rotatable bonds is 2. The highest BCUT2D eigenvalue weighted by molar-refractivity contribution is 9.11. The summed E-state index contributed by atoms with van der Waals surface area (Å²) in [7, 11) is 0. The van der Waals surface area contributed by atoms with E-state index in [0.29, 0.717) is 11.5 Å². The molecule has 0 amide bonds. The molecule has 4 nitrogen and oxygen atoms in total. The Hall–Kier alpha value is -1.41. The van der Waals surface area contributed by atoms with Crippen molar-refractivity contribution >= 4 is 43.4 Å². The van der Waals surface area contributed by atoms with Crippen LogP contribution >= 0.6 is 31.9 Å². The van der Waals surface area contributed by atoms with Crippen molar-refractivity contribution in [3.8, 4) is 11.5 Å². The number of ether oxygens (including phenoxy) is 2. The van der Waals surface area contributed by atoms with Crippen LogP contribution in [0.1, 0.15) is 0 Å². The summed E-state index contributed by atoms with van der Waals surface area (Å²) >= 11 is 6.65. The summed E-state index contributed by atoms with van der Waals surface area (Å²) in [6.07, 6.45) is -1.99. The van der Waals surface area contributed by atoms with Crippen LogP contribution in [0.15, 0.2) is 39.4 Å². The molecule has 1 aliphatic heterocycles. The average molecular weight is 408 g/mol. The first-order valence-electron chi connectivity index (χ1n) is 5.41. The minimum atomic E-state index is -3.61. The molecular weight excluding hydrogens is 402 g/mol. The third-order valence-electron chi connectivity index (χ3n) is 2.47. The van der Waals surface area contributed by atoms with Gasteiger partial charge in [-0.2, -0.15) is 0 Å². The first kappa shape index (κ1) is 13.6. The first-order chi connectivity index (χ1) is 9.43. The lowest BCUT2D eigenvalue weighted by molar-refractivity contribution is -0.286. The van der Waals surface area contributed by atoms with Crippen LogP contribution in [0.5, 0.6) is 11.5 Å². The standard InChI is InChI=1S/C12H6Br2F2N2O2/c13-6-3-8(14)11(17-5-6)18-7-1-2-9-10(4-7)20-12(15,16)19-9/h1-5H,(H,17,18). The number of alkyl halides is 2. The van der Waals surface area contributed by atoms with Crippen LogP contribution in [0, 0.1) is 0 Å². The van der Waals surface area contributed by atoms with E-state index in [1.165, 1.54) is 12.1 Å². The lowest BCUT2D eigenvalue weighted by Gasteiger charge is -2.08. The summed E-state index contributed by atoms with van der Waals surface area (Å²) in [4.78, 5) is 4.17. The normalized spacial score (nSPS) is 15.2. The molecule has 8 heteroatoms. The van der Waals surface area contributed by atoms with E-state index in [4.69, 9.17) is 0 Å². The van der Waals surface area contributed by atoms with Gasteiger partial charge in [0.15, 0.2) is 11.5 Å². The van der Waals surface area contributed by atoms with Gasteiger partial charge in [0.1, 0.15) is 5.82 Å². The molecule has 0 bridgehead atoms. The Morgan fingerprint density at radius 2 is 1.85 bits per heavy atom. The zero-order valence-corrected chi connectivity index (χ0v) is 12.8. The lowest BCUT2D eigenvalue weighted by Crippen LogP contribution is -2.25. The largest absolute Gasteiger partial charge is 0.586 e. The van der Waals surface area contributed by atoms with Gasteiger partial charge in [-0.05, 0) is 50.1 Å². The highest BCUT2D eigenvalue weighted by atomic mass is 79.9. The number of fused-ring (bicyclic) bond motifs is 1. The molecule has 2 aromatic rings. The van der Waals surface area contributed by atoms with Gasteiger partial charge in [-0.15, -0.1) is 8.78 Å². The number of nitrogens with one attached hydrogen (secondary N) is 1. The van der Waals surface area contributed by atoms with Crippen LogP contribution in [0.4, 0.5) is 20.3 Å². The van der Waals surface area contributed by atoms with Crippen molar-refractivity contribution in [1.82, 2.24) is 4.98 Å². The molecule has 3 rings (SSSR count). The predicted molar refractivity (Wildman–Crippen MR) is 75.6 cm³/mol. The number of anilines is 2. The number of hydrogen-bond donors (Lipinski definition) is 1. The Balaban J connectivity index is 1.86. The molecule has 0 saturated heterocycles. The molecule has 0 fully saturated rings. The minimum Gasteiger partial charge on any atom is -0.395 e. The van der Waals surface area contributed by atoms with Crippen molar-refractivity contribution in [2.24, 2.45) is 0 Å². The summed E-state index contributed by atoms with van der Waals surface area (Å²) in [5.74, 6) is 0.537. The summed E-state index contributed by atoms with van der Waals surface area (Å²) in [6.45, 7) is 0. The van der Waals surface area contributed by atoms with E-state index in [2.05, 4.69) is 51.6 Å². The van der Waals surface area contributed by atoms with E-state index in [9.17, 15) is 8.78 Å². The highest BCUT2D eigenvalue weighted by Crippen LogP contribution is 2.42. The number of benzene rings is 1. The van der Waals surface area contributed by atoms with Gasteiger partial charge < -0.3 is 14.8 Å². The van der Waals surface area contributed by atoms with Crippen molar-refractivity contribution < 1.29 is 18.3 Å². The number of aromatic nitrogens is 1. The summed E-state index contributed by atoms with van der Waals surface area (Å²) in [5.41, 5.74) is 0.556. The van der Waals surface area contributed by atoms with Crippen molar-refractivity contribution in [3.05, 3.63) is 39.4 Å². The molecule has 0 unspecified atom stereocenters. The van der Waals surface area contributed by atoms with Gasteiger partial charge in [-0.3, -0.25) is 0 Å². The fourth-order valence-electron chi connectivity index (χ4n) is 1.67. The van der Waals surface area contributed by atoms with Gasteiger partial charge in [0.05, 0.1) is 4.47 Å². The molecule has 1 aromatic heterocycles. The van der Waals surface area contributed by atoms with Crippen LogP contribution in [-0.2, 0) is 0 Å². The topological polar surface area (TPSA) is 43.4 Å². The van der Waals surface area contributed by atoms with Gasteiger partial charge in [0, 0.05) is 22.4 Å². The highest BCUT2D eigenvalue weighted by Gasteiger charge is 2.43. The average Bonchev–Trinajstić information content (AvgIpc) is 2.66. The molecule has 1 aromatic carbocycles. The Labute approximate surface area is 129 Å². The molecule has 0 aliphatic carbocycles. The van der Waals surface area contributed by atoms with Crippen LogP contribution in [0.25, 0.3) is 0 Å². The molecule has 20 heavy (non-hydrogen) atoms. The van der Waals surface area contributed by atoms with E-state index < -0.39 is 6.29 Å². The van der Waals surface area contributed by atoms with Gasteiger partial charge in [0.25, 0.3) is 0 Å². The summed E-state index contributed by atoms with van der Waals surface area (Å²) in [5, 5.41) is 3.00. The quantitative estimate of drug-likeness (QED) is 0.785. The lowest BCUT2D eigenvalue weighted by atomic mass is 10.3. The molecule has 104 valence electrons. The monoisotopic (exact) mass is 406 g/mol. The Kier molecular flexibility index (Phi) is 3.29. The molecule has 2 heterocycles. The Morgan fingerprint density at radius 1 is 1.10 bits per heavy atom.